The highest BCUT2D eigenvalue weighted by Crippen LogP contribution is 2.27. The Hall–Kier alpha value is -2.68. The third-order valence-electron chi connectivity index (χ3n) is 3.66. The predicted octanol–water partition coefficient (Wildman–Crippen LogP) is 1.07. The van der Waals surface area contributed by atoms with Gasteiger partial charge in [-0.3, -0.25) is 20.1 Å². The summed E-state index contributed by atoms with van der Waals surface area (Å²) in [6, 6.07) is 7.15. The summed E-state index contributed by atoms with van der Waals surface area (Å²) in [5.41, 5.74) is 3.37. The van der Waals surface area contributed by atoms with E-state index in [1.807, 2.05) is 0 Å². The molecule has 1 saturated heterocycles. The second-order valence-corrected chi connectivity index (χ2v) is 5.50. The van der Waals surface area contributed by atoms with Crippen molar-refractivity contribution in [1.82, 2.24) is 14.9 Å². The van der Waals surface area contributed by atoms with Gasteiger partial charge in [-0.05, 0) is 36.5 Å². The van der Waals surface area contributed by atoms with E-state index in [0.29, 0.717) is 12.3 Å². The number of carbonyl (C=O) groups excluding carboxylic acids is 2. The lowest BCUT2D eigenvalue weighted by molar-refractivity contribution is -0.123. The van der Waals surface area contributed by atoms with Gasteiger partial charge in [-0.1, -0.05) is 0 Å². The molecule has 1 aliphatic heterocycles. The van der Waals surface area contributed by atoms with Crippen LogP contribution < -0.4 is 15.1 Å². The van der Waals surface area contributed by atoms with E-state index >= 15 is 0 Å². The molecule has 1 aromatic carbocycles. The van der Waals surface area contributed by atoms with Crippen LogP contribution in [0.1, 0.15) is 6.42 Å². The zero-order valence-electron chi connectivity index (χ0n) is 12.4. The third-order valence-corrected chi connectivity index (χ3v) is 3.95. The number of benzene rings is 1. The molecule has 3 rings (SSSR count). The minimum Gasteiger partial charge on any atom is -0.497 e. The number of aromatic nitrogens is 3. The van der Waals surface area contributed by atoms with Gasteiger partial charge in [-0.25, -0.2) is 4.68 Å². The number of methoxy groups -OCH3 is 1. The molecule has 0 bridgehead atoms. The van der Waals surface area contributed by atoms with Crippen molar-refractivity contribution in [2.45, 2.75) is 6.42 Å². The van der Waals surface area contributed by atoms with Crippen molar-refractivity contribution in [1.29, 1.82) is 0 Å². The van der Waals surface area contributed by atoms with E-state index in [2.05, 4.69) is 15.6 Å². The summed E-state index contributed by atoms with van der Waals surface area (Å²) in [4.78, 5) is 26.0. The molecule has 2 amide bonds. The van der Waals surface area contributed by atoms with Crippen molar-refractivity contribution in [3.8, 4) is 5.75 Å². The number of nitrogens with zero attached hydrogens (tertiary/aromatic N) is 3. The molecule has 0 unspecified atom stereocenters. The van der Waals surface area contributed by atoms with Gasteiger partial charge in [0.15, 0.2) is 0 Å². The molecule has 0 radical (unpaired) electrons. The number of rotatable bonds is 4. The molecular weight excluding hydrogens is 318 g/mol. The lowest BCUT2D eigenvalue weighted by Gasteiger charge is -2.17. The first-order valence-electron chi connectivity index (χ1n) is 6.96. The number of H-pyrrole nitrogens is 1. The first-order chi connectivity index (χ1) is 11.1. The van der Waals surface area contributed by atoms with Crippen molar-refractivity contribution in [3.63, 3.8) is 0 Å². The SMILES string of the molecule is COc1ccc(N2C[C@@H](C(=O)Nn3cn[nH]c3=S)CC2=O)cc1. The Labute approximate surface area is 137 Å². The number of hydrogen-bond acceptors (Lipinski definition) is 5. The first kappa shape index (κ1) is 15.2. The summed E-state index contributed by atoms with van der Waals surface area (Å²) >= 11 is 4.97. The van der Waals surface area contributed by atoms with Crippen LogP contribution in [0.3, 0.4) is 0 Å². The fourth-order valence-electron chi connectivity index (χ4n) is 2.43. The van der Waals surface area contributed by atoms with Crippen LogP contribution in [0.25, 0.3) is 0 Å². The largest absolute Gasteiger partial charge is 0.497 e. The Morgan fingerprint density at radius 2 is 2.17 bits per heavy atom. The molecule has 120 valence electrons. The standard InChI is InChI=1S/C14H15N5O3S/c1-22-11-4-2-10(3-5-11)18-7-9(6-12(18)20)13(21)17-19-8-15-16-14(19)23/h2-5,8-9H,6-7H2,1H3,(H,16,23)(H,17,21)/t9-/m0/s1. The van der Waals surface area contributed by atoms with E-state index in [0.717, 1.165) is 5.69 Å². The van der Waals surface area contributed by atoms with Crippen LogP contribution >= 0.6 is 12.2 Å². The number of aromatic amines is 1. The monoisotopic (exact) mass is 333 g/mol. The zero-order chi connectivity index (χ0) is 16.4. The molecule has 23 heavy (non-hydrogen) atoms. The molecule has 1 atom stereocenters. The van der Waals surface area contributed by atoms with Gasteiger partial charge in [0.2, 0.25) is 16.6 Å². The summed E-state index contributed by atoms with van der Waals surface area (Å²) < 4.78 is 6.70. The highest BCUT2D eigenvalue weighted by Gasteiger charge is 2.35. The van der Waals surface area contributed by atoms with Crippen LogP contribution in [0.15, 0.2) is 30.6 Å². The number of hydrogen-bond donors (Lipinski definition) is 2. The number of amides is 2. The Bertz CT molecular complexity index is 782. The zero-order valence-corrected chi connectivity index (χ0v) is 13.2. The molecule has 9 heteroatoms. The van der Waals surface area contributed by atoms with E-state index in [-0.39, 0.29) is 23.0 Å². The lowest BCUT2D eigenvalue weighted by atomic mass is 10.1. The highest BCUT2D eigenvalue weighted by atomic mass is 32.1. The molecule has 2 heterocycles. The van der Waals surface area contributed by atoms with Gasteiger partial charge in [0.1, 0.15) is 12.1 Å². The minimum absolute atomic E-state index is 0.0916. The van der Waals surface area contributed by atoms with Crippen LogP contribution in [-0.2, 0) is 9.59 Å². The van der Waals surface area contributed by atoms with Crippen LogP contribution in [-0.4, -0.2) is 40.3 Å². The summed E-state index contributed by atoms with van der Waals surface area (Å²) in [6.07, 6.45) is 1.53. The number of ether oxygens (including phenoxy) is 1. The van der Waals surface area contributed by atoms with Gasteiger partial charge >= 0.3 is 0 Å². The molecule has 2 aromatic rings. The quantitative estimate of drug-likeness (QED) is 0.817. The normalized spacial score (nSPS) is 17.3. The van der Waals surface area contributed by atoms with Crippen LogP contribution in [0, 0.1) is 10.7 Å². The van der Waals surface area contributed by atoms with Gasteiger partial charge in [-0.15, -0.1) is 0 Å². The average Bonchev–Trinajstić information content (AvgIpc) is 3.14. The van der Waals surface area contributed by atoms with E-state index in [4.69, 9.17) is 17.0 Å². The highest BCUT2D eigenvalue weighted by molar-refractivity contribution is 7.71. The van der Waals surface area contributed by atoms with Crippen molar-refractivity contribution in [3.05, 3.63) is 35.4 Å². The molecule has 1 aliphatic rings. The molecule has 8 nitrogen and oxygen atoms in total. The number of nitrogens with one attached hydrogen (secondary N) is 2. The van der Waals surface area contributed by atoms with E-state index in [9.17, 15) is 9.59 Å². The van der Waals surface area contributed by atoms with Gasteiger partial charge in [0.05, 0.1) is 13.0 Å². The molecule has 1 fully saturated rings. The Kier molecular flexibility index (Phi) is 4.11. The molecule has 0 aliphatic carbocycles. The molecule has 0 spiro atoms. The summed E-state index contributed by atoms with van der Waals surface area (Å²) in [7, 11) is 1.58. The predicted molar refractivity (Wildman–Crippen MR) is 85.2 cm³/mol. The van der Waals surface area contributed by atoms with Crippen LogP contribution in [0.4, 0.5) is 5.69 Å². The second kappa shape index (κ2) is 6.21. The maximum atomic E-state index is 12.3. The van der Waals surface area contributed by atoms with Crippen LogP contribution in [0.2, 0.25) is 0 Å². The van der Waals surface area contributed by atoms with E-state index in [1.54, 1.807) is 36.3 Å². The average molecular weight is 333 g/mol. The third kappa shape index (κ3) is 3.09. The van der Waals surface area contributed by atoms with Crippen LogP contribution in [0.5, 0.6) is 5.75 Å². The summed E-state index contributed by atoms with van der Waals surface area (Å²) in [5, 5.41) is 6.27. The second-order valence-electron chi connectivity index (χ2n) is 5.11. The molecule has 1 aromatic heterocycles. The summed E-state index contributed by atoms with van der Waals surface area (Å²) in [5.74, 6) is -0.0941. The van der Waals surface area contributed by atoms with Gasteiger partial charge < -0.3 is 9.64 Å². The van der Waals surface area contributed by atoms with Crippen molar-refractivity contribution in [2.75, 3.05) is 24.0 Å². The van der Waals surface area contributed by atoms with Crippen molar-refractivity contribution in [2.24, 2.45) is 5.92 Å². The van der Waals surface area contributed by atoms with E-state index in [1.165, 1.54) is 11.0 Å². The molecule has 0 saturated carbocycles. The maximum absolute atomic E-state index is 12.3. The Balaban J connectivity index is 1.70. The minimum atomic E-state index is -0.443. The summed E-state index contributed by atoms with van der Waals surface area (Å²) in [6.45, 7) is 0.322. The Morgan fingerprint density at radius 3 is 2.78 bits per heavy atom. The van der Waals surface area contributed by atoms with Crippen molar-refractivity contribution < 1.29 is 14.3 Å². The van der Waals surface area contributed by atoms with Gasteiger partial charge in [0, 0.05) is 18.7 Å². The van der Waals surface area contributed by atoms with E-state index < -0.39 is 5.92 Å². The van der Waals surface area contributed by atoms with Crippen molar-refractivity contribution >= 4 is 29.7 Å². The first-order valence-corrected chi connectivity index (χ1v) is 7.36. The number of anilines is 1. The molecular formula is C14H15N5O3S. The lowest BCUT2D eigenvalue weighted by Crippen LogP contribution is -2.31. The topological polar surface area (TPSA) is 92.2 Å². The maximum Gasteiger partial charge on any atom is 0.244 e. The van der Waals surface area contributed by atoms with Gasteiger partial charge in [-0.2, -0.15) is 5.10 Å². The fraction of sp³-hybridized carbons (Fsp3) is 0.286. The smallest absolute Gasteiger partial charge is 0.244 e. The number of carbonyl (C=O) groups is 2. The molecule has 2 N–H and O–H groups in total. The Morgan fingerprint density at radius 1 is 1.43 bits per heavy atom. The fourth-order valence-corrected chi connectivity index (χ4v) is 2.58. The van der Waals surface area contributed by atoms with Gasteiger partial charge in [0.25, 0.3) is 0 Å².